The van der Waals surface area contributed by atoms with Crippen LogP contribution in [0.3, 0.4) is 0 Å². The Bertz CT molecular complexity index is 366. The van der Waals surface area contributed by atoms with Gasteiger partial charge in [0.25, 0.3) is 0 Å². The zero-order valence-electron chi connectivity index (χ0n) is 12.8. The van der Waals surface area contributed by atoms with Gasteiger partial charge in [0, 0.05) is 13.1 Å². The molecular weight excluding hydrogens is 250 g/mol. The Labute approximate surface area is 122 Å². The van der Waals surface area contributed by atoms with Crippen molar-refractivity contribution >= 4 is 5.97 Å². The van der Waals surface area contributed by atoms with Crippen LogP contribution in [0, 0.1) is 23.2 Å². The van der Waals surface area contributed by atoms with Crippen molar-refractivity contribution in [3.8, 4) is 0 Å². The van der Waals surface area contributed by atoms with Crippen LogP contribution >= 0.6 is 0 Å². The summed E-state index contributed by atoms with van der Waals surface area (Å²) in [6.45, 7) is 5.19. The van der Waals surface area contributed by atoms with Crippen molar-refractivity contribution in [2.24, 2.45) is 23.2 Å². The molecule has 2 aliphatic carbocycles. The Balaban J connectivity index is 1.61. The third-order valence-corrected chi connectivity index (χ3v) is 6.22. The van der Waals surface area contributed by atoms with Gasteiger partial charge in [0.1, 0.15) is 0 Å². The Kier molecular flexibility index (Phi) is 4.07. The van der Waals surface area contributed by atoms with Gasteiger partial charge in [-0.3, -0.25) is 4.79 Å². The minimum absolute atomic E-state index is 0.454. The summed E-state index contributed by atoms with van der Waals surface area (Å²) in [5.74, 6) is 2.25. The number of rotatable bonds is 5. The van der Waals surface area contributed by atoms with Gasteiger partial charge in [-0.1, -0.05) is 19.8 Å². The van der Waals surface area contributed by atoms with Crippen LogP contribution < -0.4 is 0 Å². The minimum Gasteiger partial charge on any atom is -0.481 e. The predicted molar refractivity (Wildman–Crippen MR) is 79.6 cm³/mol. The number of piperidine rings is 1. The van der Waals surface area contributed by atoms with Crippen LogP contribution in [0.15, 0.2) is 0 Å². The molecular formula is C17H29NO2. The first-order valence-electron chi connectivity index (χ1n) is 8.59. The predicted octanol–water partition coefficient (Wildman–Crippen LogP) is 3.39. The van der Waals surface area contributed by atoms with Crippen molar-refractivity contribution < 1.29 is 9.90 Å². The number of hydrogen-bond acceptors (Lipinski definition) is 2. The zero-order chi connectivity index (χ0) is 14.2. The Hall–Kier alpha value is -0.570. The van der Waals surface area contributed by atoms with E-state index in [1.165, 1.54) is 32.2 Å². The van der Waals surface area contributed by atoms with E-state index in [1.54, 1.807) is 0 Å². The van der Waals surface area contributed by atoms with Crippen molar-refractivity contribution in [2.45, 2.75) is 58.3 Å². The van der Waals surface area contributed by atoms with Crippen molar-refractivity contribution in [3.05, 3.63) is 0 Å². The van der Waals surface area contributed by atoms with E-state index in [1.807, 2.05) is 0 Å². The number of aliphatic carboxylic acids is 1. The number of carbonyl (C=O) groups is 1. The summed E-state index contributed by atoms with van der Waals surface area (Å²) in [4.78, 5) is 14.2. The molecule has 0 spiro atoms. The van der Waals surface area contributed by atoms with E-state index in [0.717, 1.165) is 56.5 Å². The lowest BCUT2D eigenvalue weighted by molar-refractivity contribution is -0.153. The fraction of sp³-hybridized carbons (Fsp3) is 0.941. The molecule has 1 heterocycles. The van der Waals surface area contributed by atoms with E-state index in [2.05, 4.69) is 11.8 Å². The number of likely N-dealkylation sites (tertiary alicyclic amines) is 1. The van der Waals surface area contributed by atoms with Gasteiger partial charge < -0.3 is 10.0 Å². The maximum atomic E-state index is 11.7. The average molecular weight is 279 g/mol. The summed E-state index contributed by atoms with van der Waals surface area (Å²) in [6.07, 6.45) is 9.52. The van der Waals surface area contributed by atoms with E-state index in [9.17, 15) is 9.90 Å². The molecule has 3 nitrogen and oxygen atoms in total. The molecule has 0 aromatic rings. The van der Waals surface area contributed by atoms with Crippen LogP contribution in [-0.2, 0) is 4.79 Å². The molecule has 20 heavy (non-hydrogen) atoms. The molecule has 0 radical (unpaired) electrons. The maximum absolute atomic E-state index is 11.7. The van der Waals surface area contributed by atoms with E-state index >= 15 is 0 Å². The van der Waals surface area contributed by atoms with E-state index < -0.39 is 11.4 Å². The van der Waals surface area contributed by atoms with Crippen LogP contribution in [0.25, 0.3) is 0 Å². The molecule has 4 atom stereocenters. The maximum Gasteiger partial charge on any atom is 0.310 e. The fourth-order valence-electron chi connectivity index (χ4n) is 5.28. The second kappa shape index (κ2) is 5.67. The summed E-state index contributed by atoms with van der Waals surface area (Å²) in [5.41, 5.74) is -0.454. The van der Waals surface area contributed by atoms with Crippen LogP contribution in [0.5, 0.6) is 0 Å². The second-order valence-electron chi connectivity index (χ2n) is 7.61. The van der Waals surface area contributed by atoms with E-state index in [-0.39, 0.29) is 0 Å². The molecule has 0 amide bonds. The van der Waals surface area contributed by atoms with Crippen LogP contribution in [0.1, 0.15) is 58.3 Å². The summed E-state index contributed by atoms with van der Waals surface area (Å²) in [5, 5.41) is 9.68. The molecule has 0 aromatic heterocycles. The standard InChI is InChI=1S/C17H29NO2/c1-2-6-17(16(19)20)7-3-8-18(12-17)11-15-10-13-4-5-14(15)9-13/h13-15H,2-12H2,1H3,(H,19,20). The molecule has 1 N–H and O–H groups in total. The van der Waals surface area contributed by atoms with Gasteiger partial charge in [0.15, 0.2) is 0 Å². The monoisotopic (exact) mass is 279 g/mol. The van der Waals surface area contributed by atoms with Gasteiger partial charge in [-0.25, -0.2) is 0 Å². The van der Waals surface area contributed by atoms with E-state index in [0.29, 0.717) is 0 Å². The normalized spacial score (nSPS) is 41.1. The second-order valence-corrected chi connectivity index (χ2v) is 7.61. The number of carboxylic acids is 1. The lowest BCUT2D eigenvalue weighted by Gasteiger charge is -2.41. The first-order valence-corrected chi connectivity index (χ1v) is 8.59. The Morgan fingerprint density at radius 3 is 2.80 bits per heavy atom. The topological polar surface area (TPSA) is 40.5 Å². The largest absolute Gasteiger partial charge is 0.481 e. The SMILES string of the molecule is CCCC1(C(=O)O)CCCN(CC2CC3CCC2C3)C1. The van der Waals surface area contributed by atoms with Crippen LogP contribution in [0.2, 0.25) is 0 Å². The highest BCUT2D eigenvalue weighted by Gasteiger charge is 2.44. The highest BCUT2D eigenvalue weighted by molar-refractivity contribution is 5.75. The van der Waals surface area contributed by atoms with Crippen molar-refractivity contribution in [1.29, 1.82) is 0 Å². The summed E-state index contributed by atoms with van der Waals surface area (Å²) < 4.78 is 0. The van der Waals surface area contributed by atoms with Gasteiger partial charge in [-0.2, -0.15) is 0 Å². The number of hydrogen-bond donors (Lipinski definition) is 1. The molecule has 3 rings (SSSR count). The molecule has 4 unspecified atom stereocenters. The smallest absolute Gasteiger partial charge is 0.310 e. The van der Waals surface area contributed by atoms with Gasteiger partial charge in [0.2, 0.25) is 0 Å². The van der Waals surface area contributed by atoms with Crippen LogP contribution in [-0.4, -0.2) is 35.6 Å². The minimum atomic E-state index is -0.558. The summed E-state index contributed by atoms with van der Waals surface area (Å²) in [7, 11) is 0. The number of nitrogens with zero attached hydrogens (tertiary/aromatic N) is 1. The Morgan fingerprint density at radius 2 is 2.20 bits per heavy atom. The van der Waals surface area contributed by atoms with Crippen molar-refractivity contribution in [2.75, 3.05) is 19.6 Å². The highest BCUT2D eigenvalue weighted by Crippen LogP contribution is 2.49. The van der Waals surface area contributed by atoms with Gasteiger partial charge in [-0.15, -0.1) is 0 Å². The molecule has 114 valence electrons. The lowest BCUT2D eigenvalue weighted by atomic mass is 9.76. The number of carboxylic acid groups (broad SMARTS) is 1. The molecule has 1 aliphatic heterocycles. The average Bonchev–Trinajstić information content (AvgIpc) is 3.01. The molecule has 1 saturated heterocycles. The Morgan fingerprint density at radius 1 is 1.35 bits per heavy atom. The first-order chi connectivity index (χ1) is 9.63. The molecule has 2 saturated carbocycles. The van der Waals surface area contributed by atoms with Gasteiger partial charge >= 0.3 is 5.97 Å². The zero-order valence-corrected chi connectivity index (χ0v) is 12.8. The van der Waals surface area contributed by atoms with Crippen molar-refractivity contribution in [1.82, 2.24) is 4.90 Å². The van der Waals surface area contributed by atoms with Crippen molar-refractivity contribution in [3.63, 3.8) is 0 Å². The third kappa shape index (κ3) is 2.61. The van der Waals surface area contributed by atoms with Gasteiger partial charge in [-0.05, 0) is 62.8 Å². The molecule has 0 aromatic carbocycles. The molecule has 2 bridgehead atoms. The van der Waals surface area contributed by atoms with Crippen LogP contribution in [0.4, 0.5) is 0 Å². The van der Waals surface area contributed by atoms with Gasteiger partial charge in [0.05, 0.1) is 5.41 Å². The highest BCUT2D eigenvalue weighted by atomic mass is 16.4. The molecule has 3 fully saturated rings. The molecule has 3 heteroatoms. The fourth-order valence-corrected chi connectivity index (χ4v) is 5.28. The molecule has 3 aliphatic rings. The van der Waals surface area contributed by atoms with E-state index in [4.69, 9.17) is 0 Å². The quantitative estimate of drug-likeness (QED) is 0.838. The third-order valence-electron chi connectivity index (χ3n) is 6.22. The lowest BCUT2D eigenvalue weighted by Crippen LogP contribution is -2.49. The summed E-state index contributed by atoms with van der Waals surface area (Å²) in [6, 6.07) is 0. The number of fused-ring (bicyclic) bond motifs is 2. The first kappa shape index (κ1) is 14.4. The summed E-state index contributed by atoms with van der Waals surface area (Å²) >= 11 is 0.